The molecule has 3 heteroatoms. The lowest BCUT2D eigenvalue weighted by Gasteiger charge is -2.38. The average molecular weight is 386 g/mol. The molecule has 4 rings (SSSR count). The molecule has 1 fully saturated rings. The average Bonchev–Trinajstić information content (AvgIpc) is 2.95. The number of hydrogen-bond acceptors (Lipinski definition) is 2. The van der Waals surface area contributed by atoms with Crippen LogP contribution in [0.15, 0.2) is 30.3 Å². The fourth-order valence-corrected chi connectivity index (χ4v) is 4.87. The van der Waals surface area contributed by atoms with Crippen molar-refractivity contribution in [3.8, 4) is 5.75 Å². The van der Waals surface area contributed by atoms with Crippen LogP contribution in [0, 0.1) is 20.8 Å². The Kier molecular flexibility index (Phi) is 5.61. The van der Waals surface area contributed by atoms with Gasteiger partial charge in [-0.25, -0.2) is 0 Å². The Morgan fingerprint density at radius 2 is 1.63 bits per heavy atom. The van der Waals surface area contributed by atoms with E-state index in [2.05, 4.69) is 70.3 Å². The van der Waals surface area contributed by atoms with Crippen molar-refractivity contribution in [2.75, 3.05) is 13.1 Å². The van der Waals surface area contributed by atoms with Crippen molar-refractivity contribution in [3.05, 3.63) is 63.7 Å². The molecule has 1 unspecified atom stereocenters. The summed E-state index contributed by atoms with van der Waals surface area (Å²) >= 11 is 0. The van der Waals surface area contributed by atoms with Gasteiger partial charge in [0.1, 0.15) is 11.4 Å². The lowest BCUT2D eigenvalue weighted by Crippen LogP contribution is -2.48. The zero-order chi connectivity index (χ0) is 18.5. The highest BCUT2D eigenvalue weighted by atomic mass is 35.5. The molecule has 0 aliphatic carbocycles. The lowest BCUT2D eigenvalue weighted by atomic mass is 9.73. The third-order valence-corrected chi connectivity index (χ3v) is 6.54. The first-order valence-corrected chi connectivity index (χ1v) is 10.0. The maximum Gasteiger partial charge on any atom is 0.127 e. The number of ether oxygens (including phenoxy) is 1. The highest BCUT2D eigenvalue weighted by Gasteiger charge is 2.50. The molecule has 2 aromatic carbocycles. The number of piperidine rings is 1. The monoisotopic (exact) mass is 385 g/mol. The van der Waals surface area contributed by atoms with Crippen LogP contribution in [0.25, 0.3) is 0 Å². The number of aryl methyl sites for hydroxylation is 2. The molecule has 0 aromatic heterocycles. The molecule has 27 heavy (non-hydrogen) atoms. The molecule has 146 valence electrons. The number of benzene rings is 2. The van der Waals surface area contributed by atoms with Crippen molar-refractivity contribution < 1.29 is 4.74 Å². The van der Waals surface area contributed by atoms with Crippen LogP contribution in [-0.4, -0.2) is 18.7 Å². The van der Waals surface area contributed by atoms with E-state index in [4.69, 9.17) is 4.74 Å². The second kappa shape index (κ2) is 7.48. The number of nitrogens with one attached hydrogen (secondary N) is 1. The normalized spacial score (nSPS) is 20.3. The van der Waals surface area contributed by atoms with Crippen molar-refractivity contribution in [2.45, 2.75) is 64.9 Å². The van der Waals surface area contributed by atoms with E-state index in [-0.39, 0.29) is 18.0 Å². The van der Waals surface area contributed by atoms with Gasteiger partial charge in [-0.15, -0.1) is 12.4 Å². The van der Waals surface area contributed by atoms with Crippen molar-refractivity contribution in [2.24, 2.45) is 0 Å². The zero-order valence-electron chi connectivity index (χ0n) is 17.2. The van der Waals surface area contributed by atoms with Crippen molar-refractivity contribution in [1.29, 1.82) is 0 Å². The molecule has 0 radical (unpaired) electrons. The van der Waals surface area contributed by atoms with Gasteiger partial charge in [0.15, 0.2) is 0 Å². The summed E-state index contributed by atoms with van der Waals surface area (Å²) < 4.78 is 6.83. The SMILES string of the molecule is Cc1cc(C)c2c(c1C)OC1(CCNCC1)C2c1ccc(C(C)C)cc1.Cl. The second-order valence-electron chi connectivity index (χ2n) is 8.55. The van der Waals surface area contributed by atoms with E-state index >= 15 is 0 Å². The van der Waals surface area contributed by atoms with Crippen LogP contribution >= 0.6 is 12.4 Å². The van der Waals surface area contributed by atoms with Gasteiger partial charge in [-0.3, -0.25) is 0 Å². The van der Waals surface area contributed by atoms with Crippen molar-refractivity contribution in [3.63, 3.8) is 0 Å². The molecule has 1 N–H and O–H groups in total. The third kappa shape index (κ3) is 3.28. The van der Waals surface area contributed by atoms with Gasteiger partial charge in [0, 0.05) is 18.4 Å². The summed E-state index contributed by atoms with van der Waals surface area (Å²) in [5.74, 6) is 2.05. The molecule has 2 aliphatic rings. The third-order valence-electron chi connectivity index (χ3n) is 6.54. The Hall–Kier alpha value is -1.51. The van der Waals surface area contributed by atoms with E-state index < -0.39 is 0 Å². The minimum Gasteiger partial charge on any atom is -0.486 e. The van der Waals surface area contributed by atoms with E-state index in [1.54, 1.807) is 0 Å². The van der Waals surface area contributed by atoms with Gasteiger partial charge in [-0.1, -0.05) is 44.2 Å². The fraction of sp³-hybridized carbons (Fsp3) is 0.500. The molecule has 0 amide bonds. The van der Waals surface area contributed by atoms with Gasteiger partial charge >= 0.3 is 0 Å². The van der Waals surface area contributed by atoms with Crippen LogP contribution < -0.4 is 10.1 Å². The van der Waals surface area contributed by atoms with E-state index in [1.165, 1.54) is 33.4 Å². The molecule has 1 spiro atoms. The van der Waals surface area contributed by atoms with Crippen molar-refractivity contribution in [1.82, 2.24) is 5.32 Å². The molecule has 1 atom stereocenters. The molecule has 2 nitrogen and oxygen atoms in total. The summed E-state index contributed by atoms with van der Waals surface area (Å²) in [6.45, 7) is 13.3. The number of halogens is 1. The first kappa shape index (κ1) is 20.2. The Labute approximate surface area is 170 Å². The minimum atomic E-state index is -0.101. The van der Waals surface area contributed by atoms with Gasteiger partial charge in [0.25, 0.3) is 0 Å². The molecular formula is C24H32ClNO. The molecule has 0 bridgehead atoms. The Balaban J connectivity index is 0.00000210. The van der Waals surface area contributed by atoms with E-state index in [0.29, 0.717) is 11.8 Å². The van der Waals surface area contributed by atoms with E-state index in [1.807, 2.05) is 0 Å². The quantitative estimate of drug-likeness (QED) is 0.704. The maximum absolute atomic E-state index is 6.83. The van der Waals surface area contributed by atoms with Crippen LogP contribution in [-0.2, 0) is 0 Å². The highest BCUT2D eigenvalue weighted by molar-refractivity contribution is 5.85. The van der Waals surface area contributed by atoms with E-state index in [0.717, 1.165) is 31.7 Å². The first-order chi connectivity index (χ1) is 12.4. The Morgan fingerprint density at radius 3 is 2.22 bits per heavy atom. The van der Waals surface area contributed by atoms with Gasteiger partial charge in [0.2, 0.25) is 0 Å². The minimum absolute atomic E-state index is 0. The van der Waals surface area contributed by atoms with E-state index in [9.17, 15) is 0 Å². The topological polar surface area (TPSA) is 21.3 Å². The predicted molar refractivity (Wildman–Crippen MR) is 116 cm³/mol. The standard InChI is InChI=1S/C24H31NO.ClH/c1-15(2)19-6-8-20(9-7-19)22-21-17(4)14-16(3)18(5)23(21)26-24(22)10-12-25-13-11-24;/h6-9,14-15,22,25H,10-13H2,1-5H3;1H. The molecule has 2 heterocycles. The fourth-order valence-electron chi connectivity index (χ4n) is 4.87. The zero-order valence-corrected chi connectivity index (χ0v) is 18.0. The summed E-state index contributed by atoms with van der Waals surface area (Å²) in [6, 6.07) is 11.6. The van der Waals surface area contributed by atoms with Gasteiger partial charge < -0.3 is 10.1 Å². The largest absolute Gasteiger partial charge is 0.486 e. The molecule has 0 saturated carbocycles. The molecule has 2 aliphatic heterocycles. The summed E-state index contributed by atoms with van der Waals surface area (Å²) in [5.41, 5.74) is 8.15. The van der Waals surface area contributed by atoms with Crippen LogP contribution in [0.4, 0.5) is 0 Å². The molecule has 2 aromatic rings. The lowest BCUT2D eigenvalue weighted by molar-refractivity contribution is 0.0451. The van der Waals surface area contributed by atoms with Crippen LogP contribution in [0.5, 0.6) is 5.75 Å². The summed E-state index contributed by atoms with van der Waals surface area (Å²) in [6.07, 6.45) is 2.13. The number of rotatable bonds is 2. The summed E-state index contributed by atoms with van der Waals surface area (Å²) in [5, 5.41) is 3.52. The van der Waals surface area contributed by atoms with Crippen LogP contribution in [0.2, 0.25) is 0 Å². The summed E-state index contributed by atoms with van der Waals surface area (Å²) in [7, 11) is 0. The van der Waals surface area contributed by atoms with Gasteiger partial charge in [-0.05, 0) is 67.6 Å². The number of fused-ring (bicyclic) bond motifs is 1. The van der Waals surface area contributed by atoms with Gasteiger partial charge in [-0.2, -0.15) is 0 Å². The molecular weight excluding hydrogens is 354 g/mol. The first-order valence-electron chi connectivity index (χ1n) is 10.0. The highest BCUT2D eigenvalue weighted by Crippen LogP contribution is 2.54. The maximum atomic E-state index is 6.83. The van der Waals surface area contributed by atoms with Crippen LogP contribution in [0.1, 0.15) is 71.9 Å². The Bertz CT molecular complexity index is 819. The molecule has 1 saturated heterocycles. The second-order valence-corrected chi connectivity index (χ2v) is 8.55. The van der Waals surface area contributed by atoms with Crippen molar-refractivity contribution >= 4 is 12.4 Å². The summed E-state index contributed by atoms with van der Waals surface area (Å²) in [4.78, 5) is 0. The van der Waals surface area contributed by atoms with Crippen LogP contribution in [0.3, 0.4) is 0 Å². The smallest absolute Gasteiger partial charge is 0.127 e. The predicted octanol–water partition coefficient (Wildman–Crippen LogP) is 5.80. The Morgan fingerprint density at radius 1 is 1.00 bits per heavy atom. The number of hydrogen-bond donors (Lipinski definition) is 1. The van der Waals surface area contributed by atoms with Gasteiger partial charge in [0.05, 0.1) is 5.92 Å².